The summed E-state index contributed by atoms with van der Waals surface area (Å²) in [5, 5.41) is 14.9. The zero-order chi connectivity index (χ0) is 31.1. The monoisotopic (exact) mass is 622 g/mol. The van der Waals surface area contributed by atoms with Crippen molar-refractivity contribution in [3.63, 3.8) is 0 Å². The molecule has 0 saturated carbocycles. The van der Waals surface area contributed by atoms with Gasteiger partial charge in [0.25, 0.3) is 5.91 Å². The van der Waals surface area contributed by atoms with Crippen molar-refractivity contribution in [2.24, 2.45) is 0 Å². The summed E-state index contributed by atoms with van der Waals surface area (Å²) in [5.74, 6) is 0.654. The number of benzene rings is 3. The fraction of sp³-hybridized carbons (Fsp3) is 0.267. The second-order valence-electron chi connectivity index (χ2n) is 9.81. The predicted molar refractivity (Wildman–Crippen MR) is 166 cm³/mol. The van der Waals surface area contributed by atoms with Crippen LogP contribution in [-0.2, 0) is 21.4 Å². The predicted octanol–water partition coefficient (Wildman–Crippen LogP) is 4.19. The average Bonchev–Trinajstić information content (AvgIpc) is 3.40. The lowest BCUT2D eigenvalue weighted by molar-refractivity contribution is -0.113. The largest absolute Gasteiger partial charge is 0.494 e. The summed E-state index contributed by atoms with van der Waals surface area (Å²) in [6, 6.07) is 18.9. The van der Waals surface area contributed by atoms with Crippen molar-refractivity contribution in [2.45, 2.75) is 37.4 Å². The maximum atomic E-state index is 12.9. The van der Waals surface area contributed by atoms with Crippen LogP contribution in [0.15, 0.2) is 76.8 Å². The number of hydrogen-bond acceptors (Lipinski definition) is 8. The lowest BCUT2D eigenvalue weighted by atomic mass is 10.1. The minimum absolute atomic E-state index is 0.0338. The summed E-state index contributed by atoms with van der Waals surface area (Å²) in [5.41, 5.74) is 3.80. The van der Waals surface area contributed by atoms with E-state index >= 15 is 0 Å². The Morgan fingerprint density at radius 1 is 0.977 bits per heavy atom. The second-order valence-corrected chi connectivity index (χ2v) is 12.9. The van der Waals surface area contributed by atoms with Gasteiger partial charge in [0.05, 0.1) is 23.8 Å². The van der Waals surface area contributed by atoms with Crippen LogP contribution < -0.4 is 15.4 Å². The van der Waals surface area contributed by atoms with E-state index in [1.807, 2.05) is 63.2 Å². The van der Waals surface area contributed by atoms with Crippen molar-refractivity contribution in [1.29, 1.82) is 0 Å². The molecule has 0 radical (unpaired) electrons. The molecule has 0 aliphatic heterocycles. The van der Waals surface area contributed by atoms with Crippen LogP contribution in [0.1, 0.15) is 34.2 Å². The highest BCUT2D eigenvalue weighted by Crippen LogP contribution is 2.25. The van der Waals surface area contributed by atoms with Gasteiger partial charge in [-0.05, 0) is 86.5 Å². The van der Waals surface area contributed by atoms with E-state index < -0.39 is 15.9 Å². The number of aromatic nitrogens is 3. The minimum atomic E-state index is -3.61. The zero-order valence-corrected chi connectivity index (χ0v) is 26.3. The molecule has 4 aromatic rings. The number of ether oxygens (including phenoxy) is 1. The zero-order valence-electron chi connectivity index (χ0n) is 24.6. The summed E-state index contributed by atoms with van der Waals surface area (Å²) < 4.78 is 33.1. The third kappa shape index (κ3) is 7.80. The Balaban J connectivity index is 1.52. The molecule has 0 fully saturated rings. The van der Waals surface area contributed by atoms with Crippen LogP contribution in [-0.4, -0.2) is 65.8 Å². The average molecular weight is 623 g/mol. The van der Waals surface area contributed by atoms with Gasteiger partial charge in [-0.1, -0.05) is 23.9 Å². The van der Waals surface area contributed by atoms with Crippen molar-refractivity contribution in [1.82, 2.24) is 24.4 Å². The highest BCUT2D eigenvalue weighted by Gasteiger charge is 2.20. The number of carbonyl (C=O) groups excluding carboxylic acids is 2. The van der Waals surface area contributed by atoms with Crippen molar-refractivity contribution in [2.75, 3.05) is 31.8 Å². The van der Waals surface area contributed by atoms with Gasteiger partial charge in [-0.25, -0.2) is 12.7 Å². The van der Waals surface area contributed by atoms with Gasteiger partial charge in [-0.2, -0.15) is 0 Å². The number of anilines is 1. The molecule has 43 heavy (non-hydrogen) atoms. The molecule has 0 aliphatic rings. The summed E-state index contributed by atoms with van der Waals surface area (Å²) in [4.78, 5) is 25.8. The third-order valence-electron chi connectivity index (χ3n) is 6.41. The quantitative estimate of drug-likeness (QED) is 0.225. The molecule has 1 heterocycles. The number of amides is 2. The highest BCUT2D eigenvalue weighted by atomic mass is 32.2. The van der Waals surface area contributed by atoms with Crippen LogP contribution in [0.25, 0.3) is 5.69 Å². The number of sulfonamides is 1. The Bertz CT molecular complexity index is 1700. The van der Waals surface area contributed by atoms with Crippen LogP contribution >= 0.6 is 11.8 Å². The Morgan fingerprint density at radius 2 is 1.67 bits per heavy atom. The topological polar surface area (TPSA) is 136 Å². The standard InChI is InChI=1S/C30H34N6O5S2/c1-6-41-24-13-11-23(12-14-24)36-27(18-31-29(38)22-9-15-25(16-10-22)43(39,40)35(4)5)33-34-30(36)42-19-28(37)32-26-17-20(2)7-8-21(26)3/h7-17H,6,18-19H2,1-5H3,(H,31,38)(H,32,37). The summed E-state index contributed by atoms with van der Waals surface area (Å²) in [7, 11) is -0.719. The number of nitrogens with zero attached hydrogens (tertiary/aromatic N) is 4. The number of rotatable bonds is 12. The van der Waals surface area contributed by atoms with Crippen LogP contribution in [0.5, 0.6) is 5.75 Å². The number of carbonyl (C=O) groups is 2. The number of nitrogens with one attached hydrogen (secondary N) is 2. The van der Waals surface area contributed by atoms with Gasteiger partial charge in [0, 0.05) is 31.0 Å². The van der Waals surface area contributed by atoms with Gasteiger partial charge in [-0.15, -0.1) is 10.2 Å². The molecule has 0 saturated heterocycles. The molecule has 226 valence electrons. The first-order valence-electron chi connectivity index (χ1n) is 13.5. The molecule has 0 aliphatic carbocycles. The fourth-order valence-corrected chi connectivity index (χ4v) is 5.74. The van der Waals surface area contributed by atoms with Crippen molar-refractivity contribution in [3.8, 4) is 11.4 Å². The van der Waals surface area contributed by atoms with Gasteiger partial charge < -0.3 is 15.4 Å². The fourth-order valence-electron chi connectivity index (χ4n) is 4.06. The van der Waals surface area contributed by atoms with E-state index in [0.717, 1.165) is 26.8 Å². The molecule has 0 atom stereocenters. The van der Waals surface area contributed by atoms with Crippen LogP contribution in [0.4, 0.5) is 5.69 Å². The van der Waals surface area contributed by atoms with Gasteiger partial charge >= 0.3 is 0 Å². The van der Waals surface area contributed by atoms with Crippen molar-refractivity contribution in [3.05, 3.63) is 89.2 Å². The third-order valence-corrected chi connectivity index (χ3v) is 9.17. The maximum absolute atomic E-state index is 12.9. The smallest absolute Gasteiger partial charge is 0.251 e. The Labute approximate surface area is 255 Å². The van der Waals surface area contributed by atoms with E-state index in [4.69, 9.17) is 4.74 Å². The number of hydrogen-bond donors (Lipinski definition) is 2. The number of aryl methyl sites for hydroxylation is 2. The SMILES string of the molecule is CCOc1ccc(-n2c(CNC(=O)c3ccc(S(=O)(=O)N(C)C)cc3)nnc2SCC(=O)Nc2cc(C)ccc2C)cc1. The van der Waals surface area contributed by atoms with Crippen LogP contribution in [0.3, 0.4) is 0 Å². The normalized spacial score (nSPS) is 11.4. The lowest BCUT2D eigenvalue weighted by Gasteiger charge is -2.13. The summed E-state index contributed by atoms with van der Waals surface area (Å²) >= 11 is 1.22. The van der Waals surface area contributed by atoms with E-state index in [9.17, 15) is 18.0 Å². The van der Waals surface area contributed by atoms with Crippen molar-refractivity contribution >= 4 is 39.3 Å². The molecule has 0 unspecified atom stereocenters. The molecule has 4 rings (SSSR count). The molecular weight excluding hydrogens is 589 g/mol. The molecule has 13 heteroatoms. The first-order chi connectivity index (χ1) is 20.5. The molecular formula is C30H34N6O5S2. The first-order valence-corrected chi connectivity index (χ1v) is 15.9. The molecule has 2 amide bonds. The lowest BCUT2D eigenvalue weighted by Crippen LogP contribution is -2.25. The molecule has 0 spiro atoms. The van der Waals surface area contributed by atoms with E-state index in [1.165, 1.54) is 50.1 Å². The van der Waals surface area contributed by atoms with Gasteiger partial charge in [0.2, 0.25) is 15.9 Å². The first kappa shape index (κ1) is 31.7. The summed E-state index contributed by atoms with van der Waals surface area (Å²) in [6.45, 7) is 6.37. The van der Waals surface area contributed by atoms with E-state index in [-0.39, 0.29) is 23.1 Å². The van der Waals surface area contributed by atoms with Crippen LogP contribution in [0.2, 0.25) is 0 Å². The van der Waals surface area contributed by atoms with Gasteiger partial charge in [0.15, 0.2) is 11.0 Å². The molecule has 1 aromatic heterocycles. The Hall–Kier alpha value is -4.20. The summed E-state index contributed by atoms with van der Waals surface area (Å²) in [6.07, 6.45) is 0. The maximum Gasteiger partial charge on any atom is 0.251 e. The van der Waals surface area contributed by atoms with Crippen LogP contribution in [0, 0.1) is 13.8 Å². The molecule has 3 aromatic carbocycles. The Kier molecular flexibility index (Phi) is 10.2. The number of thioether (sulfide) groups is 1. The molecule has 11 nitrogen and oxygen atoms in total. The van der Waals surface area contributed by atoms with E-state index in [0.29, 0.717) is 28.9 Å². The molecule has 0 bridgehead atoms. The second kappa shape index (κ2) is 13.8. The van der Waals surface area contributed by atoms with Gasteiger partial charge in [0.1, 0.15) is 5.75 Å². The van der Waals surface area contributed by atoms with E-state index in [2.05, 4.69) is 20.8 Å². The Morgan fingerprint density at radius 3 is 2.33 bits per heavy atom. The van der Waals surface area contributed by atoms with Gasteiger partial charge in [-0.3, -0.25) is 14.2 Å². The minimum Gasteiger partial charge on any atom is -0.494 e. The molecule has 2 N–H and O–H groups in total. The van der Waals surface area contributed by atoms with Crippen molar-refractivity contribution < 1.29 is 22.7 Å². The highest BCUT2D eigenvalue weighted by molar-refractivity contribution is 7.99. The van der Waals surface area contributed by atoms with E-state index in [1.54, 1.807) is 4.57 Å².